The molecule has 4 rings (SSSR count). The molecule has 1 heterocycles. The van der Waals surface area contributed by atoms with Crippen LogP contribution in [-0.2, 0) is 11.2 Å². The number of para-hydroxylation sites is 1. The normalized spacial score (nSPS) is 11.0. The minimum atomic E-state index is -0.0247. The van der Waals surface area contributed by atoms with Crippen molar-refractivity contribution in [3.05, 3.63) is 78.4 Å². The first-order valence-electron chi connectivity index (χ1n) is 7.55. The Bertz CT molecular complexity index is 986. The first-order chi connectivity index (χ1) is 11.3. The lowest BCUT2D eigenvalue weighted by molar-refractivity contribution is -0.115. The van der Waals surface area contributed by atoms with Gasteiger partial charge in [0.1, 0.15) is 11.2 Å². The van der Waals surface area contributed by atoms with Gasteiger partial charge >= 0.3 is 0 Å². The van der Waals surface area contributed by atoms with Crippen LogP contribution in [-0.4, -0.2) is 5.91 Å². The van der Waals surface area contributed by atoms with Crippen LogP contribution >= 0.6 is 0 Å². The average molecular weight is 301 g/mol. The van der Waals surface area contributed by atoms with Crippen LogP contribution in [0.5, 0.6) is 0 Å². The van der Waals surface area contributed by atoms with E-state index in [1.54, 1.807) is 0 Å². The molecule has 1 N–H and O–H groups in total. The summed E-state index contributed by atoms with van der Waals surface area (Å²) in [6.45, 7) is 0. The van der Waals surface area contributed by atoms with Crippen molar-refractivity contribution < 1.29 is 9.21 Å². The number of nitrogens with one attached hydrogen (secondary N) is 1. The summed E-state index contributed by atoms with van der Waals surface area (Å²) < 4.78 is 5.80. The third-order valence-corrected chi connectivity index (χ3v) is 3.87. The Labute approximate surface area is 133 Å². The van der Waals surface area contributed by atoms with Gasteiger partial charge in [-0.05, 0) is 29.8 Å². The van der Waals surface area contributed by atoms with Crippen molar-refractivity contribution in [2.45, 2.75) is 6.42 Å². The molecule has 3 heteroatoms. The molecule has 0 fully saturated rings. The van der Waals surface area contributed by atoms with Crippen LogP contribution in [0.25, 0.3) is 21.9 Å². The summed E-state index contributed by atoms with van der Waals surface area (Å²) in [5.41, 5.74) is 3.47. The highest BCUT2D eigenvalue weighted by atomic mass is 16.3. The molecule has 0 aliphatic rings. The van der Waals surface area contributed by atoms with Crippen LogP contribution in [0, 0.1) is 0 Å². The van der Waals surface area contributed by atoms with Crippen LogP contribution in [0.4, 0.5) is 5.69 Å². The Balaban J connectivity index is 1.61. The Kier molecular flexibility index (Phi) is 3.31. The van der Waals surface area contributed by atoms with Crippen molar-refractivity contribution in [3.8, 4) is 0 Å². The number of hydrogen-bond donors (Lipinski definition) is 1. The second-order valence-electron chi connectivity index (χ2n) is 5.52. The molecule has 23 heavy (non-hydrogen) atoms. The van der Waals surface area contributed by atoms with Gasteiger partial charge in [0, 0.05) is 16.5 Å². The minimum absolute atomic E-state index is 0.0247. The number of carbonyl (C=O) groups excluding carboxylic acids is 1. The van der Waals surface area contributed by atoms with Crippen LogP contribution in [0.2, 0.25) is 0 Å². The van der Waals surface area contributed by atoms with Crippen LogP contribution in [0.1, 0.15) is 5.56 Å². The Morgan fingerprint density at radius 2 is 1.57 bits per heavy atom. The van der Waals surface area contributed by atoms with Gasteiger partial charge in [0.25, 0.3) is 0 Å². The molecule has 0 aliphatic carbocycles. The Morgan fingerprint density at radius 3 is 2.43 bits per heavy atom. The van der Waals surface area contributed by atoms with Crippen molar-refractivity contribution in [3.63, 3.8) is 0 Å². The number of carbonyl (C=O) groups is 1. The van der Waals surface area contributed by atoms with Gasteiger partial charge < -0.3 is 9.73 Å². The molecule has 0 radical (unpaired) electrons. The highest BCUT2D eigenvalue weighted by molar-refractivity contribution is 6.07. The average Bonchev–Trinajstić information content (AvgIpc) is 2.94. The summed E-state index contributed by atoms with van der Waals surface area (Å²) in [4.78, 5) is 12.2. The minimum Gasteiger partial charge on any atom is -0.456 e. The quantitative estimate of drug-likeness (QED) is 0.592. The van der Waals surface area contributed by atoms with E-state index in [1.807, 2.05) is 72.8 Å². The van der Waals surface area contributed by atoms with Crippen molar-refractivity contribution in [1.29, 1.82) is 0 Å². The zero-order valence-corrected chi connectivity index (χ0v) is 12.5. The fourth-order valence-electron chi connectivity index (χ4n) is 2.79. The van der Waals surface area contributed by atoms with Crippen molar-refractivity contribution in [2.75, 3.05) is 5.32 Å². The number of hydrogen-bond acceptors (Lipinski definition) is 2. The van der Waals surface area contributed by atoms with Gasteiger partial charge in [-0.15, -0.1) is 0 Å². The van der Waals surface area contributed by atoms with Gasteiger partial charge in [-0.1, -0.05) is 48.5 Å². The van der Waals surface area contributed by atoms with Gasteiger partial charge in [0.2, 0.25) is 5.91 Å². The molecule has 0 aliphatic heterocycles. The second kappa shape index (κ2) is 5.61. The van der Waals surface area contributed by atoms with Crippen molar-refractivity contribution in [2.24, 2.45) is 0 Å². The monoisotopic (exact) mass is 301 g/mol. The third kappa shape index (κ3) is 2.69. The highest BCUT2D eigenvalue weighted by Crippen LogP contribution is 2.30. The second-order valence-corrected chi connectivity index (χ2v) is 5.52. The molecule has 0 saturated carbocycles. The molecule has 0 saturated heterocycles. The lowest BCUT2D eigenvalue weighted by Crippen LogP contribution is -2.14. The molecule has 112 valence electrons. The highest BCUT2D eigenvalue weighted by Gasteiger charge is 2.09. The maximum atomic E-state index is 12.2. The molecule has 0 bridgehead atoms. The standard InChI is InChI=1S/C20H15NO2/c22-20(12-14-6-2-1-3-7-14)21-15-10-11-19-17(13-15)16-8-4-5-9-18(16)23-19/h1-11,13H,12H2,(H,21,22). The van der Waals surface area contributed by atoms with E-state index in [1.165, 1.54) is 0 Å². The van der Waals surface area contributed by atoms with Crippen molar-refractivity contribution >= 4 is 33.5 Å². The van der Waals surface area contributed by atoms with E-state index in [0.29, 0.717) is 6.42 Å². The molecule has 3 aromatic carbocycles. The van der Waals surface area contributed by atoms with E-state index in [9.17, 15) is 4.79 Å². The van der Waals surface area contributed by atoms with E-state index >= 15 is 0 Å². The summed E-state index contributed by atoms with van der Waals surface area (Å²) in [6.07, 6.45) is 0.366. The van der Waals surface area contributed by atoms with Gasteiger partial charge in [-0.3, -0.25) is 4.79 Å². The summed E-state index contributed by atoms with van der Waals surface area (Å²) in [5, 5.41) is 5.03. The zero-order chi connectivity index (χ0) is 15.6. The fraction of sp³-hybridized carbons (Fsp3) is 0.0500. The largest absolute Gasteiger partial charge is 0.456 e. The smallest absolute Gasteiger partial charge is 0.228 e. The van der Waals surface area contributed by atoms with E-state index in [-0.39, 0.29) is 5.91 Å². The lowest BCUT2D eigenvalue weighted by atomic mass is 10.1. The summed E-state index contributed by atoms with van der Waals surface area (Å²) in [6, 6.07) is 23.4. The number of furan rings is 1. The van der Waals surface area contributed by atoms with E-state index in [2.05, 4.69) is 5.32 Å². The molecule has 4 aromatic rings. The maximum absolute atomic E-state index is 12.2. The molecule has 1 amide bonds. The molecule has 3 nitrogen and oxygen atoms in total. The number of anilines is 1. The predicted octanol–water partition coefficient (Wildman–Crippen LogP) is 4.77. The van der Waals surface area contributed by atoms with Gasteiger partial charge in [0.05, 0.1) is 6.42 Å². The molecule has 0 unspecified atom stereocenters. The Hall–Kier alpha value is -3.07. The first-order valence-corrected chi connectivity index (χ1v) is 7.55. The van der Waals surface area contributed by atoms with Crippen LogP contribution in [0.3, 0.4) is 0 Å². The predicted molar refractivity (Wildman–Crippen MR) is 92.5 cm³/mol. The fourth-order valence-corrected chi connectivity index (χ4v) is 2.79. The van der Waals surface area contributed by atoms with Gasteiger partial charge in [0.15, 0.2) is 0 Å². The van der Waals surface area contributed by atoms with Crippen molar-refractivity contribution in [1.82, 2.24) is 0 Å². The van der Waals surface area contributed by atoms with E-state index in [0.717, 1.165) is 33.2 Å². The van der Waals surface area contributed by atoms with Gasteiger partial charge in [-0.2, -0.15) is 0 Å². The van der Waals surface area contributed by atoms with E-state index < -0.39 is 0 Å². The summed E-state index contributed by atoms with van der Waals surface area (Å²) in [7, 11) is 0. The lowest BCUT2D eigenvalue weighted by Gasteiger charge is -2.05. The Morgan fingerprint density at radius 1 is 0.826 bits per heavy atom. The number of benzene rings is 3. The molecule has 0 atom stereocenters. The van der Waals surface area contributed by atoms with E-state index in [4.69, 9.17) is 4.42 Å². The maximum Gasteiger partial charge on any atom is 0.228 e. The molecule has 0 spiro atoms. The summed E-state index contributed by atoms with van der Waals surface area (Å²) >= 11 is 0. The SMILES string of the molecule is O=C(Cc1ccccc1)Nc1ccc2oc3ccccc3c2c1. The number of rotatable bonds is 3. The van der Waals surface area contributed by atoms with Crippen LogP contribution in [0.15, 0.2) is 77.2 Å². The van der Waals surface area contributed by atoms with Crippen LogP contribution < -0.4 is 5.32 Å². The zero-order valence-electron chi connectivity index (χ0n) is 12.5. The molecular weight excluding hydrogens is 286 g/mol. The topological polar surface area (TPSA) is 42.2 Å². The molecular formula is C20H15NO2. The first kappa shape index (κ1) is 13.6. The van der Waals surface area contributed by atoms with Gasteiger partial charge in [-0.25, -0.2) is 0 Å². The number of amides is 1. The number of fused-ring (bicyclic) bond motifs is 3. The third-order valence-electron chi connectivity index (χ3n) is 3.87. The summed E-state index contributed by atoms with van der Waals surface area (Å²) in [5.74, 6) is -0.0247. The molecule has 1 aromatic heterocycles.